The standard InChI is InChI=1S/C18H21NO3/c1-10(2)19-17(21)15-12-7-8-18(16(12)15)9-13(20)11-5-3-4-6-14(11)22-18/h3-6,10,12,15-16H,7-9H2,1-2H3,(H,19,21)/t12-,15-,16-,18+/m0/s1. The molecule has 1 heterocycles. The van der Waals surface area contributed by atoms with E-state index < -0.39 is 5.60 Å². The number of nitrogens with one attached hydrogen (secondary N) is 1. The fourth-order valence-electron chi connectivity index (χ4n) is 4.50. The first-order valence-electron chi connectivity index (χ1n) is 8.13. The van der Waals surface area contributed by atoms with E-state index >= 15 is 0 Å². The maximum Gasteiger partial charge on any atom is 0.224 e. The number of rotatable bonds is 2. The molecule has 1 N–H and O–H groups in total. The van der Waals surface area contributed by atoms with E-state index in [0.29, 0.717) is 23.7 Å². The molecule has 0 bridgehead atoms. The van der Waals surface area contributed by atoms with Crippen LogP contribution in [0.5, 0.6) is 5.75 Å². The summed E-state index contributed by atoms with van der Waals surface area (Å²) in [7, 11) is 0. The van der Waals surface area contributed by atoms with Crippen molar-refractivity contribution < 1.29 is 14.3 Å². The second-order valence-electron chi connectivity index (χ2n) is 7.18. The Kier molecular flexibility index (Phi) is 2.87. The number of ether oxygens (including phenoxy) is 1. The third-order valence-electron chi connectivity index (χ3n) is 5.37. The predicted octanol–water partition coefficient (Wildman–Crippen LogP) is 2.57. The van der Waals surface area contributed by atoms with E-state index in [0.717, 1.165) is 12.8 Å². The van der Waals surface area contributed by atoms with Gasteiger partial charge in [-0.25, -0.2) is 0 Å². The Labute approximate surface area is 130 Å². The van der Waals surface area contributed by atoms with Gasteiger partial charge in [0.2, 0.25) is 5.91 Å². The summed E-state index contributed by atoms with van der Waals surface area (Å²) in [6, 6.07) is 7.61. The summed E-state index contributed by atoms with van der Waals surface area (Å²) in [4.78, 5) is 24.8. The first-order valence-corrected chi connectivity index (χ1v) is 8.13. The lowest BCUT2D eigenvalue weighted by atomic mass is 9.84. The van der Waals surface area contributed by atoms with Gasteiger partial charge in [0.25, 0.3) is 0 Å². The van der Waals surface area contributed by atoms with Crippen molar-refractivity contribution in [2.45, 2.75) is 44.8 Å². The van der Waals surface area contributed by atoms with Gasteiger partial charge in [-0.15, -0.1) is 0 Å². The Hall–Kier alpha value is -1.84. The molecule has 0 radical (unpaired) electrons. The van der Waals surface area contributed by atoms with Gasteiger partial charge in [-0.3, -0.25) is 9.59 Å². The number of fused-ring (bicyclic) bond motifs is 3. The molecule has 3 aliphatic rings. The number of amides is 1. The molecule has 22 heavy (non-hydrogen) atoms. The van der Waals surface area contributed by atoms with Crippen LogP contribution in [-0.2, 0) is 4.79 Å². The zero-order valence-electron chi connectivity index (χ0n) is 13.0. The van der Waals surface area contributed by atoms with Gasteiger partial charge < -0.3 is 10.1 Å². The molecule has 4 atom stereocenters. The van der Waals surface area contributed by atoms with Crippen LogP contribution in [-0.4, -0.2) is 23.3 Å². The molecule has 2 aliphatic carbocycles. The largest absolute Gasteiger partial charge is 0.486 e. The number of Topliss-reactive ketones (excluding diaryl/α,β-unsaturated/α-hetero) is 1. The van der Waals surface area contributed by atoms with Crippen LogP contribution in [0.1, 0.15) is 43.5 Å². The van der Waals surface area contributed by atoms with E-state index in [1.165, 1.54) is 0 Å². The lowest BCUT2D eigenvalue weighted by Crippen LogP contribution is -2.45. The van der Waals surface area contributed by atoms with Crippen LogP contribution >= 0.6 is 0 Å². The molecule has 116 valence electrons. The van der Waals surface area contributed by atoms with Crippen LogP contribution in [0.3, 0.4) is 0 Å². The second kappa shape index (κ2) is 4.58. The summed E-state index contributed by atoms with van der Waals surface area (Å²) in [5, 5.41) is 3.01. The predicted molar refractivity (Wildman–Crippen MR) is 81.7 cm³/mol. The van der Waals surface area contributed by atoms with Gasteiger partial charge in [-0.05, 0) is 44.7 Å². The molecule has 0 unspecified atom stereocenters. The van der Waals surface area contributed by atoms with Gasteiger partial charge in [0, 0.05) is 17.9 Å². The van der Waals surface area contributed by atoms with Crippen molar-refractivity contribution in [3.8, 4) is 5.75 Å². The Morgan fingerprint density at radius 3 is 2.91 bits per heavy atom. The molecule has 0 aromatic heterocycles. The number of ketones is 1. The molecule has 4 nitrogen and oxygen atoms in total. The minimum absolute atomic E-state index is 0.0224. The molecule has 1 spiro atoms. The third-order valence-corrected chi connectivity index (χ3v) is 5.37. The van der Waals surface area contributed by atoms with Crippen LogP contribution in [0.15, 0.2) is 24.3 Å². The molecule has 2 fully saturated rings. The molecule has 4 rings (SSSR count). The van der Waals surface area contributed by atoms with E-state index in [-0.39, 0.29) is 29.6 Å². The van der Waals surface area contributed by atoms with Crippen molar-refractivity contribution in [3.05, 3.63) is 29.8 Å². The average Bonchev–Trinajstić information content (AvgIpc) is 3.11. The summed E-state index contributed by atoms with van der Waals surface area (Å²) in [5.41, 5.74) is 0.232. The van der Waals surface area contributed by atoms with Crippen molar-refractivity contribution >= 4 is 11.7 Å². The average molecular weight is 299 g/mol. The summed E-state index contributed by atoms with van der Waals surface area (Å²) in [5.74, 6) is 1.57. The minimum Gasteiger partial charge on any atom is -0.486 e. The summed E-state index contributed by atoms with van der Waals surface area (Å²) in [6.45, 7) is 3.95. The van der Waals surface area contributed by atoms with Gasteiger partial charge in [-0.2, -0.15) is 0 Å². The van der Waals surface area contributed by atoms with E-state index in [1.54, 1.807) is 0 Å². The van der Waals surface area contributed by atoms with Gasteiger partial charge >= 0.3 is 0 Å². The number of hydrogen-bond donors (Lipinski definition) is 1. The molecular weight excluding hydrogens is 278 g/mol. The SMILES string of the molecule is CC(C)NC(=O)[C@H]1[C@@H]2CC[C@@]3(CC(=O)c4ccccc4O3)[C@@H]21. The lowest BCUT2D eigenvalue weighted by Gasteiger charge is -2.37. The first kappa shape index (κ1) is 13.8. The Morgan fingerprint density at radius 1 is 1.36 bits per heavy atom. The van der Waals surface area contributed by atoms with Crippen molar-refractivity contribution in [1.29, 1.82) is 0 Å². The zero-order chi connectivity index (χ0) is 15.5. The van der Waals surface area contributed by atoms with Gasteiger partial charge in [-0.1, -0.05) is 12.1 Å². The summed E-state index contributed by atoms with van der Waals surface area (Å²) in [6.07, 6.45) is 2.28. The van der Waals surface area contributed by atoms with Crippen molar-refractivity contribution in [2.75, 3.05) is 0 Å². The molecule has 4 heteroatoms. The highest BCUT2D eigenvalue weighted by atomic mass is 16.5. The highest BCUT2D eigenvalue weighted by Crippen LogP contribution is 2.65. The van der Waals surface area contributed by atoms with Crippen molar-refractivity contribution in [2.24, 2.45) is 17.8 Å². The van der Waals surface area contributed by atoms with Crippen LogP contribution in [0, 0.1) is 17.8 Å². The zero-order valence-corrected chi connectivity index (χ0v) is 13.0. The van der Waals surface area contributed by atoms with Crippen molar-refractivity contribution in [3.63, 3.8) is 0 Å². The lowest BCUT2D eigenvalue weighted by molar-refractivity contribution is -0.124. The van der Waals surface area contributed by atoms with E-state index in [1.807, 2.05) is 38.1 Å². The normalized spacial score (nSPS) is 35.0. The van der Waals surface area contributed by atoms with Crippen LogP contribution < -0.4 is 10.1 Å². The molecule has 1 aromatic rings. The maximum atomic E-state index is 12.5. The highest BCUT2D eigenvalue weighted by molar-refractivity contribution is 6.00. The van der Waals surface area contributed by atoms with Crippen molar-refractivity contribution in [1.82, 2.24) is 5.32 Å². The van der Waals surface area contributed by atoms with E-state index in [4.69, 9.17) is 4.74 Å². The monoisotopic (exact) mass is 299 g/mol. The number of carbonyl (C=O) groups is 2. The van der Waals surface area contributed by atoms with Crippen LogP contribution in [0.4, 0.5) is 0 Å². The Morgan fingerprint density at radius 2 is 2.14 bits per heavy atom. The number of hydrogen-bond acceptors (Lipinski definition) is 3. The van der Waals surface area contributed by atoms with Gasteiger partial charge in [0.05, 0.1) is 12.0 Å². The molecule has 1 aromatic carbocycles. The van der Waals surface area contributed by atoms with E-state index in [2.05, 4.69) is 5.32 Å². The molecule has 0 saturated heterocycles. The topological polar surface area (TPSA) is 55.4 Å². The number of carbonyl (C=O) groups excluding carboxylic acids is 2. The molecular formula is C18H21NO3. The number of para-hydroxylation sites is 1. The van der Waals surface area contributed by atoms with Crippen LogP contribution in [0.25, 0.3) is 0 Å². The molecule has 2 saturated carbocycles. The third kappa shape index (κ3) is 1.89. The second-order valence-corrected chi connectivity index (χ2v) is 7.18. The summed E-state index contributed by atoms with van der Waals surface area (Å²) >= 11 is 0. The Balaban J connectivity index is 1.59. The van der Waals surface area contributed by atoms with Gasteiger partial charge in [0.15, 0.2) is 5.78 Å². The summed E-state index contributed by atoms with van der Waals surface area (Å²) < 4.78 is 6.29. The smallest absolute Gasteiger partial charge is 0.224 e. The fourth-order valence-corrected chi connectivity index (χ4v) is 4.50. The minimum atomic E-state index is -0.449. The fraction of sp³-hybridized carbons (Fsp3) is 0.556. The van der Waals surface area contributed by atoms with Crippen LogP contribution in [0.2, 0.25) is 0 Å². The molecule has 1 amide bonds. The quantitative estimate of drug-likeness (QED) is 0.913. The first-order chi connectivity index (χ1) is 10.5. The molecule has 1 aliphatic heterocycles. The maximum absolute atomic E-state index is 12.5. The van der Waals surface area contributed by atoms with E-state index in [9.17, 15) is 9.59 Å². The highest BCUT2D eigenvalue weighted by Gasteiger charge is 2.70. The Bertz CT molecular complexity index is 653. The number of benzene rings is 1. The van der Waals surface area contributed by atoms with Gasteiger partial charge in [0.1, 0.15) is 11.4 Å².